The molecule has 0 amide bonds. The van der Waals surface area contributed by atoms with Crippen molar-refractivity contribution in [3.05, 3.63) is 35.1 Å². The summed E-state index contributed by atoms with van der Waals surface area (Å²) >= 11 is 0. The van der Waals surface area contributed by atoms with Crippen molar-refractivity contribution in [1.29, 1.82) is 0 Å². The summed E-state index contributed by atoms with van der Waals surface area (Å²) in [6, 6.07) is 5.00. The first-order valence-corrected chi connectivity index (χ1v) is 5.41. The molecule has 1 saturated heterocycles. The predicted octanol–water partition coefficient (Wildman–Crippen LogP) is 0.983. The largest absolute Gasteiger partial charge is 0.389 e. The number of halogens is 1. The van der Waals surface area contributed by atoms with E-state index in [1.54, 1.807) is 13.0 Å². The Morgan fingerprint density at radius 3 is 2.94 bits per heavy atom. The van der Waals surface area contributed by atoms with Gasteiger partial charge in [-0.15, -0.1) is 0 Å². The number of aliphatic hydroxyl groups is 1. The number of hydrogen-bond donors (Lipinski definition) is 2. The zero-order valence-corrected chi connectivity index (χ0v) is 9.24. The fourth-order valence-electron chi connectivity index (χ4n) is 1.80. The lowest BCUT2D eigenvalue weighted by Gasteiger charge is -2.14. The van der Waals surface area contributed by atoms with Gasteiger partial charge in [0, 0.05) is 6.54 Å². The molecule has 16 heavy (non-hydrogen) atoms. The molecule has 1 aromatic rings. The van der Waals surface area contributed by atoms with Crippen LogP contribution in [0, 0.1) is 12.7 Å². The quantitative estimate of drug-likeness (QED) is 0.806. The van der Waals surface area contributed by atoms with Gasteiger partial charge in [-0.3, -0.25) is 0 Å². The number of hydrogen-bond acceptors (Lipinski definition) is 3. The van der Waals surface area contributed by atoms with Gasteiger partial charge in [0.05, 0.1) is 25.4 Å². The van der Waals surface area contributed by atoms with Crippen LogP contribution in [0.4, 0.5) is 4.39 Å². The Morgan fingerprint density at radius 1 is 1.50 bits per heavy atom. The topological polar surface area (TPSA) is 41.5 Å². The van der Waals surface area contributed by atoms with E-state index in [9.17, 15) is 9.50 Å². The molecule has 1 aliphatic heterocycles. The normalized spacial score (nSPS) is 24.9. The van der Waals surface area contributed by atoms with Crippen LogP contribution in [-0.4, -0.2) is 30.5 Å². The van der Waals surface area contributed by atoms with Crippen LogP contribution in [0.5, 0.6) is 0 Å². The Balaban J connectivity index is 1.91. The van der Waals surface area contributed by atoms with Gasteiger partial charge in [0.1, 0.15) is 5.82 Å². The lowest BCUT2D eigenvalue weighted by Crippen LogP contribution is -2.38. The number of benzene rings is 1. The molecule has 0 aliphatic carbocycles. The summed E-state index contributed by atoms with van der Waals surface area (Å²) in [7, 11) is 0. The molecule has 1 fully saturated rings. The van der Waals surface area contributed by atoms with E-state index < -0.39 is 6.10 Å². The fraction of sp³-hybridized carbons (Fsp3) is 0.500. The Hall–Kier alpha value is -0.970. The Bertz CT molecular complexity index is 370. The molecule has 3 nitrogen and oxygen atoms in total. The summed E-state index contributed by atoms with van der Waals surface area (Å²) in [5.74, 6) is -0.187. The average molecular weight is 225 g/mol. The third-order valence-electron chi connectivity index (χ3n) is 2.84. The highest BCUT2D eigenvalue weighted by molar-refractivity contribution is 5.23. The standard InChI is InChI=1S/C12H16FNO2/c1-8-4-9(2-3-10(8)13)5-14-11-6-16-7-12(11)15/h2-4,11-12,14-15H,5-7H2,1H3. The second-order valence-electron chi connectivity index (χ2n) is 4.18. The summed E-state index contributed by atoms with van der Waals surface area (Å²) in [4.78, 5) is 0. The van der Waals surface area contributed by atoms with E-state index >= 15 is 0 Å². The minimum absolute atomic E-state index is 0.0228. The minimum atomic E-state index is -0.443. The summed E-state index contributed by atoms with van der Waals surface area (Å²) in [5, 5.41) is 12.7. The van der Waals surface area contributed by atoms with Crippen LogP contribution in [0.2, 0.25) is 0 Å². The Labute approximate surface area is 94.2 Å². The lowest BCUT2D eigenvalue weighted by molar-refractivity contribution is 0.122. The van der Waals surface area contributed by atoms with Crippen molar-refractivity contribution in [3.8, 4) is 0 Å². The second-order valence-corrected chi connectivity index (χ2v) is 4.18. The summed E-state index contributed by atoms with van der Waals surface area (Å²) in [6.07, 6.45) is -0.443. The molecule has 1 heterocycles. The van der Waals surface area contributed by atoms with Crippen LogP contribution in [0.3, 0.4) is 0 Å². The Kier molecular flexibility index (Phi) is 3.53. The summed E-state index contributed by atoms with van der Waals surface area (Å²) in [5.41, 5.74) is 1.65. The van der Waals surface area contributed by atoms with Gasteiger partial charge in [0.25, 0.3) is 0 Å². The second kappa shape index (κ2) is 4.91. The van der Waals surface area contributed by atoms with Crippen molar-refractivity contribution >= 4 is 0 Å². The maximum absolute atomic E-state index is 13.0. The van der Waals surface area contributed by atoms with E-state index in [4.69, 9.17) is 4.74 Å². The third kappa shape index (κ3) is 2.58. The number of ether oxygens (including phenoxy) is 1. The molecule has 2 unspecified atom stereocenters. The molecule has 2 rings (SSSR count). The van der Waals surface area contributed by atoms with Crippen molar-refractivity contribution in [2.45, 2.75) is 25.6 Å². The molecule has 1 aliphatic rings. The molecule has 2 N–H and O–H groups in total. The Morgan fingerprint density at radius 2 is 2.31 bits per heavy atom. The molecule has 0 saturated carbocycles. The van der Waals surface area contributed by atoms with Gasteiger partial charge in [-0.05, 0) is 24.1 Å². The van der Waals surface area contributed by atoms with Crippen molar-refractivity contribution < 1.29 is 14.2 Å². The third-order valence-corrected chi connectivity index (χ3v) is 2.84. The van der Waals surface area contributed by atoms with Gasteiger partial charge < -0.3 is 15.2 Å². The van der Waals surface area contributed by atoms with E-state index in [-0.39, 0.29) is 11.9 Å². The number of rotatable bonds is 3. The van der Waals surface area contributed by atoms with Gasteiger partial charge in [0.2, 0.25) is 0 Å². The maximum Gasteiger partial charge on any atom is 0.126 e. The zero-order chi connectivity index (χ0) is 11.5. The zero-order valence-electron chi connectivity index (χ0n) is 9.24. The van der Waals surface area contributed by atoms with Gasteiger partial charge in [-0.25, -0.2) is 4.39 Å². The first-order valence-electron chi connectivity index (χ1n) is 5.41. The minimum Gasteiger partial charge on any atom is -0.389 e. The monoisotopic (exact) mass is 225 g/mol. The van der Waals surface area contributed by atoms with Crippen molar-refractivity contribution in [1.82, 2.24) is 5.32 Å². The van der Waals surface area contributed by atoms with Crippen LogP contribution in [0.15, 0.2) is 18.2 Å². The number of nitrogens with one attached hydrogen (secondary N) is 1. The van der Waals surface area contributed by atoms with Crippen LogP contribution < -0.4 is 5.32 Å². The number of aryl methyl sites for hydroxylation is 1. The molecule has 0 radical (unpaired) electrons. The van der Waals surface area contributed by atoms with Crippen molar-refractivity contribution in [2.75, 3.05) is 13.2 Å². The van der Waals surface area contributed by atoms with Gasteiger partial charge in [-0.2, -0.15) is 0 Å². The molecule has 0 aromatic heterocycles. The first kappa shape index (κ1) is 11.5. The maximum atomic E-state index is 13.0. The van der Waals surface area contributed by atoms with Crippen LogP contribution in [-0.2, 0) is 11.3 Å². The highest BCUT2D eigenvalue weighted by atomic mass is 19.1. The summed E-state index contributed by atoms with van der Waals surface area (Å²) < 4.78 is 18.1. The molecule has 2 atom stereocenters. The van der Waals surface area contributed by atoms with Gasteiger partial charge in [0.15, 0.2) is 0 Å². The van der Waals surface area contributed by atoms with E-state index in [0.29, 0.717) is 25.3 Å². The van der Waals surface area contributed by atoms with E-state index in [1.165, 1.54) is 6.07 Å². The van der Waals surface area contributed by atoms with Crippen LogP contribution >= 0.6 is 0 Å². The van der Waals surface area contributed by atoms with Gasteiger partial charge >= 0.3 is 0 Å². The SMILES string of the molecule is Cc1cc(CNC2COCC2O)ccc1F. The average Bonchev–Trinajstić information content (AvgIpc) is 2.66. The van der Waals surface area contributed by atoms with E-state index in [1.807, 2.05) is 6.07 Å². The first-order chi connectivity index (χ1) is 7.66. The molecule has 0 spiro atoms. The number of aliphatic hydroxyl groups excluding tert-OH is 1. The molecule has 1 aromatic carbocycles. The fourth-order valence-corrected chi connectivity index (χ4v) is 1.80. The van der Waals surface area contributed by atoms with Crippen molar-refractivity contribution in [3.63, 3.8) is 0 Å². The molecular formula is C12H16FNO2. The highest BCUT2D eigenvalue weighted by Crippen LogP contribution is 2.11. The molecule has 4 heteroatoms. The van der Waals surface area contributed by atoms with Crippen molar-refractivity contribution in [2.24, 2.45) is 0 Å². The molecular weight excluding hydrogens is 209 g/mol. The lowest BCUT2D eigenvalue weighted by atomic mass is 10.1. The van der Waals surface area contributed by atoms with Crippen LogP contribution in [0.25, 0.3) is 0 Å². The molecule has 88 valence electrons. The van der Waals surface area contributed by atoms with E-state index in [2.05, 4.69) is 5.32 Å². The molecule has 0 bridgehead atoms. The summed E-state index contributed by atoms with van der Waals surface area (Å²) in [6.45, 7) is 3.28. The van der Waals surface area contributed by atoms with Crippen LogP contribution in [0.1, 0.15) is 11.1 Å². The smallest absolute Gasteiger partial charge is 0.126 e. The highest BCUT2D eigenvalue weighted by Gasteiger charge is 2.25. The van der Waals surface area contributed by atoms with E-state index in [0.717, 1.165) is 5.56 Å². The predicted molar refractivity (Wildman–Crippen MR) is 58.6 cm³/mol. The van der Waals surface area contributed by atoms with Gasteiger partial charge in [-0.1, -0.05) is 12.1 Å².